The van der Waals surface area contributed by atoms with Gasteiger partial charge in [-0.2, -0.15) is 0 Å². The van der Waals surface area contributed by atoms with Crippen LogP contribution in [0.25, 0.3) is 0 Å². The van der Waals surface area contributed by atoms with Gasteiger partial charge >= 0.3 is 5.97 Å². The van der Waals surface area contributed by atoms with E-state index in [1.165, 1.54) is 0 Å². The number of rotatable bonds is 3. The topological polar surface area (TPSA) is 66.4 Å². The second-order valence-corrected chi connectivity index (χ2v) is 5.79. The van der Waals surface area contributed by atoms with Gasteiger partial charge in [-0.1, -0.05) is 27.2 Å². The van der Waals surface area contributed by atoms with Crippen LogP contribution in [0.15, 0.2) is 0 Å². The molecule has 0 radical (unpaired) electrons. The van der Waals surface area contributed by atoms with Crippen LogP contribution < -0.4 is 5.32 Å². The predicted molar refractivity (Wildman–Crippen MR) is 61.0 cm³/mol. The lowest BCUT2D eigenvalue weighted by Gasteiger charge is -2.21. The fourth-order valence-corrected chi connectivity index (χ4v) is 2.17. The lowest BCUT2D eigenvalue weighted by molar-refractivity contribution is -0.142. The molecule has 0 aromatic rings. The molecule has 16 heavy (non-hydrogen) atoms. The van der Waals surface area contributed by atoms with Gasteiger partial charge in [0.2, 0.25) is 5.91 Å². The minimum Gasteiger partial charge on any atom is -0.481 e. The van der Waals surface area contributed by atoms with Gasteiger partial charge < -0.3 is 10.4 Å². The van der Waals surface area contributed by atoms with Crippen molar-refractivity contribution in [3.05, 3.63) is 0 Å². The molecule has 0 heterocycles. The van der Waals surface area contributed by atoms with Gasteiger partial charge in [0.1, 0.15) is 0 Å². The summed E-state index contributed by atoms with van der Waals surface area (Å²) in [6.07, 6.45) is 2.79. The van der Waals surface area contributed by atoms with Gasteiger partial charge in [-0.3, -0.25) is 9.59 Å². The predicted octanol–water partition coefficient (Wildman–Crippen LogP) is 1.79. The van der Waals surface area contributed by atoms with Crippen molar-refractivity contribution in [1.29, 1.82) is 0 Å². The number of carbonyl (C=O) groups is 2. The summed E-state index contributed by atoms with van der Waals surface area (Å²) < 4.78 is 0. The number of nitrogens with one attached hydrogen (secondary N) is 1. The van der Waals surface area contributed by atoms with Gasteiger partial charge in [0.05, 0.1) is 5.92 Å². The standard InChI is InChI=1S/C12H21NO3/c1-12(2,3)7-10(14)13-9-6-4-5-8(9)11(15)16/h8-9H,4-7H2,1-3H3,(H,13,14)(H,15,16)/t8-,9+/m0/s1. The Kier molecular flexibility index (Phi) is 3.94. The maximum atomic E-state index is 11.7. The summed E-state index contributed by atoms with van der Waals surface area (Å²) in [5.41, 5.74) is -0.0542. The molecule has 0 bridgehead atoms. The molecular weight excluding hydrogens is 206 g/mol. The Labute approximate surface area is 96.4 Å². The molecule has 4 heteroatoms. The third-order valence-corrected chi connectivity index (χ3v) is 2.87. The molecule has 1 aliphatic rings. The number of carbonyl (C=O) groups excluding carboxylic acids is 1. The van der Waals surface area contributed by atoms with Crippen molar-refractivity contribution in [2.24, 2.45) is 11.3 Å². The van der Waals surface area contributed by atoms with Gasteiger partial charge in [0.25, 0.3) is 0 Å². The summed E-state index contributed by atoms with van der Waals surface area (Å²) in [7, 11) is 0. The second kappa shape index (κ2) is 4.85. The Bertz CT molecular complexity index is 280. The van der Waals surface area contributed by atoms with E-state index in [0.29, 0.717) is 12.8 Å². The van der Waals surface area contributed by atoms with Crippen molar-refractivity contribution in [3.63, 3.8) is 0 Å². The Hall–Kier alpha value is -1.06. The van der Waals surface area contributed by atoms with E-state index in [1.54, 1.807) is 0 Å². The van der Waals surface area contributed by atoms with Crippen LogP contribution in [0.1, 0.15) is 46.5 Å². The molecule has 0 aliphatic heterocycles. The summed E-state index contributed by atoms with van der Waals surface area (Å²) in [5.74, 6) is -1.23. The molecule has 0 saturated heterocycles. The third kappa shape index (κ3) is 3.83. The molecule has 0 aromatic heterocycles. The lowest BCUT2D eigenvalue weighted by Crippen LogP contribution is -2.41. The largest absolute Gasteiger partial charge is 0.481 e. The molecule has 0 aromatic carbocycles. The molecule has 2 N–H and O–H groups in total. The van der Waals surface area contributed by atoms with Crippen LogP contribution in [-0.4, -0.2) is 23.0 Å². The maximum absolute atomic E-state index is 11.7. The minimum absolute atomic E-state index is 0.0364. The van der Waals surface area contributed by atoms with Gasteiger partial charge in [-0.05, 0) is 18.3 Å². The van der Waals surface area contributed by atoms with Gasteiger partial charge in [0, 0.05) is 12.5 Å². The van der Waals surface area contributed by atoms with Crippen LogP contribution in [0.3, 0.4) is 0 Å². The first-order chi connectivity index (χ1) is 7.29. The molecule has 1 aliphatic carbocycles. The summed E-state index contributed by atoms with van der Waals surface area (Å²) in [6, 6.07) is -0.174. The molecule has 1 rings (SSSR count). The summed E-state index contributed by atoms with van der Waals surface area (Å²) in [4.78, 5) is 22.6. The highest BCUT2D eigenvalue weighted by Crippen LogP contribution is 2.26. The molecule has 1 amide bonds. The van der Waals surface area contributed by atoms with Crippen molar-refractivity contribution in [3.8, 4) is 0 Å². The Morgan fingerprint density at radius 1 is 1.31 bits per heavy atom. The average molecular weight is 227 g/mol. The highest BCUT2D eigenvalue weighted by atomic mass is 16.4. The van der Waals surface area contributed by atoms with E-state index in [0.717, 1.165) is 12.8 Å². The van der Waals surface area contributed by atoms with E-state index in [4.69, 9.17) is 5.11 Å². The fraction of sp³-hybridized carbons (Fsp3) is 0.833. The fourth-order valence-electron chi connectivity index (χ4n) is 2.17. The normalized spacial score (nSPS) is 25.4. The van der Waals surface area contributed by atoms with E-state index < -0.39 is 11.9 Å². The van der Waals surface area contributed by atoms with Crippen LogP contribution >= 0.6 is 0 Å². The average Bonchev–Trinajstić information content (AvgIpc) is 2.47. The molecule has 0 unspecified atom stereocenters. The van der Waals surface area contributed by atoms with E-state index in [-0.39, 0.29) is 17.4 Å². The van der Waals surface area contributed by atoms with Gasteiger partial charge in [-0.25, -0.2) is 0 Å². The number of carboxylic acid groups (broad SMARTS) is 1. The van der Waals surface area contributed by atoms with Gasteiger partial charge in [-0.15, -0.1) is 0 Å². The molecule has 1 saturated carbocycles. The number of aliphatic carboxylic acids is 1. The summed E-state index contributed by atoms with van der Waals surface area (Å²) in [6.45, 7) is 5.99. The first-order valence-electron chi connectivity index (χ1n) is 5.82. The molecule has 92 valence electrons. The van der Waals surface area contributed by atoms with E-state index >= 15 is 0 Å². The number of carboxylic acids is 1. The smallest absolute Gasteiger partial charge is 0.308 e. The van der Waals surface area contributed by atoms with Crippen LogP contribution in [0.5, 0.6) is 0 Å². The maximum Gasteiger partial charge on any atom is 0.308 e. The highest BCUT2D eigenvalue weighted by molar-refractivity contribution is 5.78. The zero-order valence-corrected chi connectivity index (χ0v) is 10.2. The quantitative estimate of drug-likeness (QED) is 0.772. The van der Waals surface area contributed by atoms with Crippen LogP contribution in [0, 0.1) is 11.3 Å². The minimum atomic E-state index is -0.793. The Balaban J connectivity index is 2.47. The van der Waals surface area contributed by atoms with E-state index in [1.807, 2.05) is 20.8 Å². The van der Waals surface area contributed by atoms with E-state index in [2.05, 4.69) is 5.32 Å². The first kappa shape index (κ1) is 13.0. The third-order valence-electron chi connectivity index (χ3n) is 2.87. The number of amides is 1. The first-order valence-corrected chi connectivity index (χ1v) is 5.82. The monoisotopic (exact) mass is 227 g/mol. The summed E-state index contributed by atoms with van der Waals surface area (Å²) in [5, 5.41) is 11.8. The molecule has 1 fully saturated rings. The second-order valence-electron chi connectivity index (χ2n) is 5.79. The molecular formula is C12H21NO3. The SMILES string of the molecule is CC(C)(C)CC(=O)N[C@@H]1CCC[C@@H]1C(=O)O. The van der Waals surface area contributed by atoms with Crippen molar-refractivity contribution in [2.45, 2.75) is 52.5 Å². The van der Waals surface area contributed by atoms with Crippen molar-refractivity contribution < 1.29 is 14.7 Å². The Morgan fingerprint density at radius 2 is 1.94 bits per heavy atom. The van der Waals surface area contributed by atoms with Crippen LogP contribution in [0.2, 0.25) is 0 Å². The van der Waals surface area contributed by atoms with Crippen molar-refractivity contribution in [2.75, 3.05) is 0 Å². The van der Waals surface area contributed by atoms with Gasteiger partial charge in [0.15, 0.2) is 0 Å². The van der Waals surface area contributed by atoms with Crippen molar-refractivity contribution in [1.82, 2.24) is 5.32 Å². The van der Waals surface area contributed by atoms with Crippen LogP contribution in [0.4, 0.5) is 0 Å². The van der Waals surface area contributed by atoms with E-state index in [9.17, 15) is 9.59 Å². The molecule has 2 atom stereocenters. The zero-order chi connectivity index (χ0) is 12.3. The van der Waals surface area contributed by atoms with Crippen LogP contribution in [-0.2, 0) is 9.59 Å². The molecule has 4 nitrogen and oxygen atoms in total. The molecule has 0 spiro atoms. The lowest BCUT2D eigenvalue weighted by atomic mass is 9.91. The zero-order valence-electron chi connectivity index (χ0n) is 10.2. The number of hydrogen-bond donors (Lipinski definition) is 2. The highest BCUT2D eigenvalue weighted by Gasteiger charge is 2.34. The Morgan fingerprint density at radius 3 is 2.44 bits per heavy atom. The number of hydrogen-bond acceptors (Lipinski definition) is 2. The summed E-state index contributed by atoms with van der Waals surface area (Å²) >= 11 is 0. The van der Waals surface area contributed by atoms with Crippen molar-refractivity contribution >= 4 is 11.9 Å².